The highest BCUT2D eigenvalue weighted by Gasteiger charge is 2.35. The number of hydrogen-bond acceptors (Lipinski definition) is 8. The number of nitrogens with zero attached hydrogens (tertiary/aromatic N) is 2. The van der Waals surface area contributed by atoms with Gasteiger partial charge in [0.05, 0.1) is 24.8 Å². The fraction of sp³-hybridized carbons (Fsp3) is 0.406. The molecule has 2 aromatic carbocycles. The van der Waals surface area contributed by atoms with Crippen molar-refractivity contribution in [2.75, 3.05) is 17.7 Å². The van der Waals surface area contributed by atoms with E-state index in [9.17, 15) is 24.3 Å². The number of alkyl carbamates (subject to hydrolysis) is 1. The minimum absolute atomic E-state index is 0.166. The van der Waals surface area contributed by atoms with Crippen LogP contribution in [0.4, 0.5) is 10.6 Å². The molecule has 1 aromatic heterocycles. The van der Waals surface area contributed by atoms with Crippen molar-refractivity contribution in [3.05, 3.63) is 83.8 Å². The number of aromatic nitrogens is 2. The topological polar surface area (TPSA) is 161 Å². The molecule has 3 aromatic rings. The Bertz CT molecular complexity index is 1460. The van der Waals surface area contributed by atoms with Crippen LogP contribution in [0.1, 0.15) is 57.4 Å². The minimum Gasteiger partial charge on any atom is -0.481 e. The van der Waals surface area contributed by atoms with Crippen LogP contribution in [0.15, 0.2) is 67.0 Å². The van der Waals surface area contributed by atoms with E-state index in [2.05, 4.69) is 20.9 Å². The van der Waals surface area contributed by atoms with E-state index < -0.39 is 47.0 Å². The number of amides is 3. The Balaban J connectivity index is 1.71. The molecule has 1 heterocycles. The van der Waals surface area contributed by atoms with Crippen LogP contribution in [0, 0.1) is 6.92 Å². The van der Waals surface area contributed by atoms with Crippen LogP contribution in [0.2, 0.25) is 0 Å². The quantitative estimate of drug-likeness (QED) is 0.199. The molecule has 0 radical (unpaired) electrons. The fourth-order valence-electron chi connectivity index (χ4n) is 4.01. The predicted molar refractivity (Wildman–Crippen MR) is 172 cm³/mol. The summed E-state index contributed by atoms with van der Waals surface area (Å²) in [5.41, 5.74) is -0.0419. The molecular weight excluding hydrogens is 598 g/mol. The Morgan fingerprint density at radius 3 is 2.20 bits per heavy atom. The molecule has 0 spiro atoms. The van der Waals surface area contributed by atoms with Crippen LogP contribution < -0.4 is 16.0 Å². The molecule has 3 rings (SSSR count). The van der Waals surface area contributed by atoms with Gasteiger partial charge in [-0.05, 0) is 64.6 Å². The van der Waals surface area contributed by atoms with Crippen molar-refractivity contribution in [1.82, 2.24) is 19.6 Å². The molecule has 0 aliphatic rings. The second-order valence-corrected chi connectivity index (χ2v) is 12.9. The lowest BCUT2D eigenvalue weighted by Crippen LogP contribution is -2.59. The number of carboxylic acid groups (broad SMARTS) is 1. The van der Waals surface area contributed by atoms with Gasteiger partial charge in [0.15, 0.2) is 5.82 Å². The van der Waals surface area contributed by atoms with Gasteiger partial charge >= 0.3 is 12.1 Å². The lowest BCUT2D eigenvalue weighted by Gasteiger charge is -2.29. The van der Waals surface area contributed by atoms with Crippen LogP contribution in [0.3, 0.4) is 0 Å². The van der Waals surface area contributed by atoms with Crippen LogP contribution >= 0.6 is 11.9 Å². The third kappa shape index (κ3) is 10.9. The molecule has 3 amide bonds. The number of benzene rings is 2. The monoisotopic (exact) mass is 639 g/mol. The number of ether oxygens (including phenoxy) is 2. The van der Waals surface area contributed by atoms with E-state index in [1.165, 1.54) is 32.1 Å². The number of aliphatic carboxylic acids is 1. The summed E-state index contributed by atoms with van der Waals surface area (Å²) in [4.78, 5) is 55.3. The molecular formula is C32H41N5O7S. The zero-order valence-corrected chi connectivity index (χ0v) is 27.1. The van der Waals surface area contributed by atoms with Crippen molar-refractivity contribution < 1.29 is 33.8 Å². The zero-order valence-electron chi connectivity index (χ0n) is 26.3. The summed E-state index contributed by atoms with van der Waals surface area (Å²) in [7, 11) is 0. The number of nitrogens with one attached hydrogen (secondary N) is 3. The summed E-state index contributed by atoms with van der Waals surface area (Å²) in [5.74, 6) is -2.43. The Morgan fingerprint density at radius 1 is 0.978 bits per heavy atom. The Morgan fingerprint density at radius 2 is 1.60 bits per heavy atom. The van der Waals surface area contributed by atoms with Crippen molar-refractivity contribution in [2.24, 2.45) is 0 Å². The predicted octanol–water partition coefficient (Wildman–Crippen LogP) is 4.50. The number of imidazole rings is 1. The molecule has 0 saturated heterocycles. The summed E-state index contributed by atoms with van der Waals surface area (Å²) in [5, 5.41) is 17.7. The highest BCUT2D eigenvalue weighted by molar-refractivity contribution is 7.97. The first-order valence-electron chi connectivity index (χ1n) is 14.4. The number of carbonyl (C=O) groups excluding carboxylic acids is 3. The molecule has 0 saturated carbocycles. The molecule has 0 aliphatic heterocycles. The van der Waals surface area contributed by atoms with E-state index in [0.717, 1.165) is 5.56 Å². The van der Waals surface area contributed by atoms with E-state index in [0.29, 0.717) is 11.3 Å². The Hall–Kier alpha value is -4.36. The maximum Gasteiger partial charge on any atom is 0.408 e. The zero-order chi connectivity index (χ0) is 33.2. The molecule has 12 nitrogen and oxygen atoms in total. The van der Waals surface area contributed by atoms with Gasteiger partial charge in [0.1, 0.15) is 23.5 Å². The molecule has 45 heavy (non-hydrogen) atoms. The van der Waals surface area contributed by atoms with Gasteiger partial charge in [0, 0.05) is 5.75 Å². The van der Waals surface area contributed by atoms with Gasteiger partial charge < -0.3 is 30.5 Å². The first-order valence-corrected chi connectivity index (χ1v) is 15.3. The van der Waals surface area contributed by atoms with E-state index in [1.54, 1.807) is 55.9 Å². The van der Waals surface area contributed by atoms with E-state index in [1.807, 2.05) is 36.4 Å². The second-order valence-electron chi connectivity index (χ2n) is 11.9. The fourth-order valence-corrected chi connectivity index (χ4v) is 5.05. The average Bonchev–Trinajstić information content (AvgIpc) is 3.30. The number of anilines is 1. The normalized spacial score (nSPS) is 12.9. The van der Waals surface area contributed by atoms with Gasteiger partial charge in [0.25, 0.3) is 5.91 Å². The minimum atomic E-state index is -1.42. The lowest BCUT2D eigenvalue weighted by molar-refractivity contribution is -0.138. The van der Waals surface area contributed by atoms with Crippen molar-refractivity contribution in [3.8, 4) is 0 Å². The Kier molecular flexibility index (Phi) is 12.2. The van der Waals surface area contributed by atoms with E-state index >= 15 is 0 Å². The van der Waals surface area contributed by atoms with Gasteiger partial charge in [-0.15, -0.1) is 0 Å². The van der Waals surface area contributed by atoms with E-state index in [4.69, 9.17) is 9.47 Å². The average molecular weight is 640 g/mol. The molecule has 0 bridgehead atoms. The molecule has 1 unspecified atom stereocenters. The smallest absolute Gasteiger partial charge is 0.408 e. The summed E-state index contributed by atoms with van der Waals surface area (Å²) in [6.07, 6.45) is 0.715. The first-order chi connectivity index (χ1) is 21.2. The number of rotatable bonds is 14. The molecule has 242 valence electrons. The van der Waals surface area contributed by atoms with Crippen molar-refractivity contribution in [2.45, 2.75) is 71.2 Å². The molecule has 2 atom stereocenters. The van der Waals surface area contributed by atoms with Crippen LogP contribution in [-0.4, -0.2) is 67.5 Å². The summed E-state index contributed by atoms with van der Waals surface area (Å²) in [6, 6.07) is 17.2. The van der Waals surface area contributed by atoms with Crippen LogP contribution in [0.5, 0.6) is 0 Å². The summed E-state index contributed by atoms with van der Waals surface area (Å²) in [6.45, 7) is 9.89. The van der Waals surface area contributed by atoms with Crippen LogP contribution in [-0.2, 0) is 30.5 Å². The standard InChI is InChI=1S/C32H41N5O7S/c1-21-26(33-20-37(21)45-19-24(28(39)40)23-15-11-8-12-16-23)35-27(38)25(18-43-17-22-13-9-7-10-14-22)34-29(41)32(5,6)36-30(42)44-31(2,3)4/h7-16,20,24-25H,17-19H2,1-6H3,(H,34,41)(H,35,38)(H,36,42)(H,39,40)/t24?,25-/m1/s1. The molecule has 0 fully saturated rings. The van der Waals surface area contributed by atoms with Gasteiger partial charge in [0.2, 0.25) is 5.91 Å². The molecule has 4 N–H and O–H groups in total. The third-order valence-electron chi connectivity index (χ3n) is 6.49. The van der Waals surface area contributed by atoms with Gasteiger partial charge in [-0.1, -0.05) is 60.7 Å². The number of carbonyl (C=O) groups is 4. The van der Waals surface area contributed by atoms with Crippen molar-refractivity contribution in [3.63, 3.8) is 0 Å². The Labute approximate surface area is 267 Å². The molecule has 0 aliphatic carbocycles. The van der Waals surface area contributed by atoms with Crippen LogP contribution in [0.25, 0.3) is 0 Å². The highest BCUT2D eigenvalue weighted by atomic mass is 32.2. The maximum atomic E-state index is 13.5. The largest absolute Gasteiger partial charge is 0.481 e. The maximum absolute atomic E-state index is 13.5. The SMILES string of the molecule is Cc1c(NC(=O)[C@@H](COCc2ccccc2)NC(=O)C(C)(C)NC(=O)OC(C)(C)C)ncn1SCC(C(=O)O)c1ccccc1. The number of hydrogen-bond donors (Lipinski definition) is 4. The third-order valence-corrected chi connectivity index (χ3v) is 7.61. The number of carboxylic acids is 1. The highest BCUT2D eigenvalue weighted by Crippen LogP contribution is 2.25. The summed E-state index contributed by atoms with van der Waals surface area (Å²) >= 11 is 1.25. The summed E-state index contributed by atoms with van der Waals surface area (Å²) < 4.78 is 12.8. The van der Waals surface area contributed by atoms with Gasteiger partial charge in [-0.2, -0.15) is 0 Å². The van der Waals surface area contributed by atoms with Crippen molar-refractivity contribution >= 4 is 41.6 Å². The van der Waals surface area contributed by atoms with E-state index in [-0.39, 0.29) is 24.8 Å². The van der Waals surface area contributed by atoms with Gasteiger partial charge in [-0.25, -0.2) is 9.78 Å². The first kappa shape index (κ1) is 35.1. The lowest BCUT2D eigenvalue weighted by atomic mass is 10.0. The molecule has 13 heteroatoms. The van der Waals surface area contributed by atoms with Gasteiger partial charge in [-0.3, -0.25) is 18.4 Å². The second kappa shape index (κ2) is 15.6. The van der Waals surface area contributed by atoms with Crippen molar-refractivity contribution in [1.29, 1.82) is 0 Å².